The summed E-state index contributed by atoms with van der Waals surface area (Å²) in [6.07, 6.45) is 2.92. The summed E-state index contributed by atoms with van der Waals surface area (Å²) in [7, 11) is 0. The van der Waals surface area contributed by atoms with Crippen LogP contribution in [0.5, 0.6) is 0 Å². The fraction of sp³-hybridized carbons (Fsp3) is 0.429. The Balaban J connectivity index is 2.14. The number of halogens is 2. The fourth-order valence-electron chi connectivity index (χ4n) is 2.57. The van der Waals surface area contributed by atoms with Gasteiger partial charge in [-0.25, -0.2) is 0 Å². The van der Waals surface area contributed by atoms with Crippen molar-refractivity contribution < 1.29 is 14.7 Å². The third-order valence-electron chi connectivity index (χ3n) is 3.63. The van der Waals surface area contributed by atoms with E-state index in [9.17, 15) is 14.7 Å². The van der Waals surface area contributed by atoms with Gasteiger partial charge in [-0.15, -0.1) is 0 Å². The van der Waals surface area contributed by atoms with Gasteiger partial charge in [0.1, 0.15) is 0 Å². The molecule has 1 aliphatic carbocycles. The monoisotopic (exact) mass is 359 g/mol. The van der Waals surface area contributed by atoms with Crippen LogP contribution in [-0.4, -0.2) is 17.0 Å². The quantitative estimate of drug-likeness (QED) is 0.858. The minimum Gasteiger partial charge on any atom is -0.481 e. The van der Waals surface area contributed by atoms with Crippen LogP contribution in [0.1, 0.15) is 25.7 Å². The summed E-state index contributed by atoms with van der Waals surface area (Å²) in [5.74, 6) is -2.22. The Morgan fingerprint density at radius 1 is 1.25 bits per heavy atom. The second-order valence-corrected chi connectivity index (χ2v) is 6.13. The predicted molar refractivity (Wildman–Crippen MR) is 80.9 cm³/mol. The molecule has 0 spiro atoms. The Morgan fingerprint density at radius 2 is 1.90 bits per heavy atom. The lowest BCUT2D eigenvalue weighted by Crippen LogP contribution is -2.36. The van der Waals surface area contributed by atoms with Gasteiger partial charge in [0, 0.05) is 0 Å². The first-order valence-electron chi connectivity index (χ1n) is 6.48. The van der Waals surface area contributed by atoms with Crippen molar-refractivity contribution in [3.8, 4) is 0 Å². The average molecular weight is 361 g/mol. The number of aliphatic carboxylic acids is 1. The normalized spacial score (nSPS) is 22.3. The Morgan fingerprint density at radius 3 is 2.55 bits per heavy atom. The van der Waals surface area contributed by atoms with Crippen molar-refractivity contribution in [1.82, 2.24) is 0 Å². The van der Waals surface area contributed by atoms with Gasteiger partial charge in [-0.05, 0) is 40.9 Å². The molecule has 4 nitrogen and oxygen atoms in total. The predicted octanol–water partition coefficient (Wildman–Crippen LogP) is 3.93. The molecule has 0 radical (unpaired) electrons. The lowest BCUT2D eigenvalue weighted by Gasteiger charge is -2.27. The van der Waals surface area contributed by atoms with E-state index in [-0.39, 0.29) is 5.91 Å². The van der Waals surface area contributed by atoms with E-state index in [1.165, 1.54) is 0 Å². The van der Waals surface area contributed by atoms with E-state index in [1.54, 1.807) is 18.2 Å². The van der Waals surface area contributed by atoms with E-state index in [0.717, 1.165) is 12.8 Å². The van der Waals surface area contributed by atoms with Crippen molar-refractivity contribution in [2.75, 3.05) is 5.32 Å². The van der Waals surface area contributed by atoms with E-state index >= 15 is 0 Å². The van der Waals surface area contributed by atoms with Crippen LogP contribution in [0.15, 0.2) is 22.7 Å². The molecule has 1 aromatic rings. The molecule has 1 aliphatic rings. The molecule has 2 atom stereocenters. The second-order valence-electron chi connectivity index (χ2n) is 4.93. The number of carbonyl (C=O) groups is 2. The van der Waals surface area contributed by atoms with E-state index in [1.807, 2.05) is 0 Å². The number of anilines is 1. The minimum absolute atomic E-state index is 0.250. The van der Waals surface area contributed by atoms with Gasteiger partial charge in [0.25, 0.3) is 0 Å². The zero-order valence-corrected chi connectivity index (χ0v) is 13.1. The number of hydrogen-bond donors (Lipinski definition) is 2. The molecule has 2 N–H and O–H groups in total. The molecule has 0 heterocycles. The first kappa shape index (κ1) is 15.3. The number of amides is 1. The Hall–Kier alpha value is -1.07. The highest BCUT2D eigenvalue weighted by atomic mass is 79.9. The van der Waals surface area contributed by atoms with Crippen molar-refractivity contribution in [3.05, 3.63) is 27.7 Å². The molecule has 0 bridgehead atoms. The molecule has 1 saturated carbocycles. The van der Waals surface area contributed by atoms with Crippen molar-refractivity contribution in [2.24, 2.45) is 11.8 Å². The zero-order chi connectivity index (χ0) is 14.7. The van der Waals surface area contributed by atoms with E-state index < -0.39 is 17.8 Å². The SMILES string of the molecule is O=C(O)[C@H]1CCCC[C@H]1C(=O)Nc1cccc(Cl)c1Br. The Kier molecular flexibility index (Phi) is 5.05. The zero-order valence-electron chi connectivity index (χ0n) is 10.7. The van der Waals surface area contributed by atoms with E-state index in [0.29, 0.717) is 28.0 Å². The van der Waals surface area contributed by atoms with Crippen molar-refractivity contribution in [1.29, 1.82) is 0 Å². The molecule has 0 unspecified atom stereocenters. The second kappa shape index (κ2) is 6.59. The molecule has 108 valence electrons. The van der Waals surface area contributed by atoms with Gasteiger partial charge in [-0.3, -0.25) is 9.59 Å². The maximum Gasteiger partial charge on any atom is 0.307 e. The molecule has 0 aliphatic heterocycles. The van der Waals surface area contributed by atoms with Gasteiger partial charge in [-0.1, -0.05) is 30.5 Å². The number of carboxylic acid groups (broad SMARTS) is 1. The van der Waals surface area contributed by atoms with Gasteiger partial charge in [0.15, 0.2) is 0 Å². The van der Waals surface area contributed by atoms with Gasteiger partial charge in [-0.2, -0.15) is 0 Å². The van der Waals surface area contributed by atoms with Gasteiger partial charge in [0.05, 0.1) is 27.0 Å². The highest BCUT2D eigenvalue weighted by Crippen LogP contribution is 2.34. The molecule has 2 rings (SSSR count). The van der Waals surface area contributed by atoms with Crippen LogP contribution < -0.4 is 5.32 Å². The largest absolute Gasteiger partial charge is 0.481 e. The number of carbonyl (C=O) groups excluding carboxylic acids is 1. The van der Waals surface area contributed by atoms with Crippen LogP contribution >= 0.6 is 27.5 Å². The van der Waals surface area contributed by atoms with Crippen LogP contribution in [0.3, 0.4) is 0 Å². The smallest absolute Gasteiger partial charge is 0.307 e. The average Bonchev–Trinajstić information content (AvgIpc) is 2.43. The Bertz CT molecular complexity index is 535. The maximum absolute atomic E-state index is 12.3. The van der Waals surface area contributed by atoms with Crippen LogP contribution in [0.25, 0.3) is 0 Å². The topological polar surface area (TPSA) is 66.4 Å². The fourth-order valence-corrected chi connectivity index (χ4v) is 3.10. The number of hydrogen-bond acceptors (Lipinski definition) is 2. The number of rotatable bonds is 3. The molecule has 20 heavy (non-hydrogen) atoms. The van der Waals surface area contributed by atoms with Crippen molar-refractivity contribution >= 4 is 45.1 Å². The Labute approximate surface area is 130 Å². The molecular weight excluding hydrogens is 346 g/mol. The van der Waals surface area contributed by atoms with E-state index in [4.69, 9.17) is 11.6 Å². The maximum atomic E-state index is 12.3. The first-order chi connectivity index (χ1) is 9.50. The van der Waals surface area contributed by atoms with Crippen LogP contribution in [0, 0.1) is 11.8 Å². The molecule has 0 aromatic heterocycles. The molecule has 1 aromatic carbocycles. The summed E-state index contributed by atoms with van der Waals surface area (Å²) in [6, 6.07) is 5.17. The standard InChI is InChI=1S/C14H15BrClNO3/c15-12-10(16)6-3-7-11(12)17-13(18)8-4-1-2-5-9(8)14(19)20/h3,6-9H,1-2,4-5H2,(H,17,18)(H,19,20)/t8-,9+/m1/s1. The van der Waals surface area contributed by atoms with Gasteiger partial charge in [0.2, 0.25) is 5.91 Å². The summed E-state index contributed by atoms with van der Waals surface area (Å²) >= 11 is 9.28. The molecule has 1 fully saturated rings. The highest BCUT2D eigenvalue weighted by Gasteiger charge is 2.35. The summed E-state index contributed by atoms with van der Waals surface area (Å²) in [5, 5.41) is 12.5. The molecule has 6 heteroatoms. The number of carboxylic acids is 1. The summed E-state index contributed by atoms with van der Waals surface area (Å²) in [6.45, 7) is 0. The summed E-state index contributed by atoms with van der Waals surface area (Å²) in [4.78, 5) is 23.5. The van der Waals surface area contributed by atoms with E-state index in [2.05, 4.69) is 21.2 Å². The molecular formula is C14H15BrClNO3. The van der Waals surface area contributed by atoms with Gasteiger partial charge < -0.3 is 10.4 Å². The third kappa shape index (κ3) is 3.33. The van der Waals surface area contributed by atoms with Crippen LogP contribution in [0.2, 0.25) is 5.02 Å². The van der Waals surface area contributed by atoms with Crippen molar-refractivity contribution in [3.63, 3.8) is 0 Å². The summed E-state index contributed by atoms with van der Waals surface area (Å²) in [5.41, 5.74) is 0.567. The molecule has 1 amide bonds. The number of benzene rings is 1. The van der Waals surface area contributed by atoms with Crippen LogP contribution in [0.4, 0.5) is 5.69 Å². The van der Waals surface area contributed by atoms with Gasteiger partial charge >= 0.3 is 5.97 Å². The molecule has 0 saturated heterocycles. The lowest BCUT2D eigenvalue weighted by molar-refractivity contribution is -0.147. The number of nitrogens with one attached hydrogen (secondary N) is 1. The van der Waals surface area contributed by atoms with Crippen LogP contribution in [-0.2, 0) is 9.59 Å². The first-order valence-corrected chi connectivity index (χ1v) is 7.65. The summed E-state index contributed by atoms with van der Waals surface area (Å²) < 4.78 is 0.609. The minimum atomic E-state index is -0.894. The lowest BCUT2D eigenvalue weighted by atomic mass is 9.78. The third-order valence-corrected chi connectivity index (χ3v) is 5.03. The van der Waals surface area contributed by atoms with Crippen molar-refractivity contribution in [2.45, 2.75) is 25.7 Å². The highest BCUT2D eigenvalue weighted by molar-refractivity contribution is 9.10.